The molecule has 0 bridgehead atoms. The Morgan fingerprint density at radius 3 is 2.53 bits per heavy atom. The molecule has 0 radical (unpaired) electrons. The third-order valence-corrected chi connectivity index (χ3v) is 3.42. The van der Waals surface area contributed by atoms with Gasteiger partial charge in [0.05, 0.1) is 17.8 Å². The van der Waals surface area contributed by atoms with Crippen molar-refractivity contribution in [1.82, 2.24) is 5.43 Å². The predicted octanol–water partition coefficient (Wildman–Crippen LogP) is 4.77. The summed E-state index contributed by atoms with van der Waals surface area (Å²) in [5, 5.41) is 5.99. The van der Waals surface area contributed by atoms with Crippen LogP contribution in [0.1, 0.15) is 11.1 Å². The molecular formula is C14H11Cl3N2. The molecule has 0 heterocycles. The molecule has 5 heteroatoms. The van der Waals surface area contributed by atoms with Crippen molar-refractivity contribution in [2.75, 3.05) is 0 Å². The zero-order valence-electron chi connectivity index (χ0n) is 9.91. The van der Waals surface area contributed by atoms with Gasteiger partial charge in [-0.15, -0.1) is 0 Å². The molecule has 19 heavy (non-hydrogen) atoms. The number of nitrogens with one attached hydrogen (secondary N) is 1. The summed E-state index contributed by atoms with van der Waals surface area (Å²) < 4.78 is 0. The minimum Gasteiger partial charge on any atom is -0.306 e. The van der Waals surface area contributed by atoms with Crippen molar-refractivity contribution in [3.05, 3.63) is 68.7 Å². The molecule has 0 aliphatic carbocycles. The summed E-state index contributed by atoms with van der Waals surface area (Å²) in [4.78, 5) is 0. The summed E-state index contributed by atoms with van der Waals surface area (Å²) in [6, 6.07) is 12.9. The Labute approximate surface area is 127 Å². The van der Waals surface area contributed by atoms with Gasteiger partial charge in [-0.3, -0.25) is 0 Å². The highest BCUT2D eigenvalue weighted by Crippen LogP contribution is 2.19. The maximum absolute atomic E-state index is 6.04. The Kier molecular flexibility index (Phi) is 5.08. The van der Waals surface area contributed by atoms with Crippen LogP contribution in [0.2, 0.25) is 15.1 Å². The Balaban J connectivity index is 1.95. The molecule has 0 amide bonds. The monoisotopic (exact) mass is 312 g/mol. The first-order chi connectivity index (χ1) is 9.16. The first-order valence-electron chi connectivity index (χ1n) is 5.61. The topological polar surface area (TPSA) is 24.4 Å². The highest BCUT2D eigenvalue weighted by atomic mass is 35.5. The van der Waals surface area contributed by atoms with E-state index in [1.54, 1.807) is 18.3 Å². The Morgan fingerprint density at radius 1 is 1.00 bits per heavy atom. The van der Waals surface area contributed by atoms with Crippen molar-refractivity contribution in [3.8, 4) is 0 Å². The van der Waals surface area contributed by atoms with Crippen molar-refractivity contribution < 1.29 is 0 Å². The molecule has 2 aromatic rings. The van der Waals surface area contributed by atoms with Gasteiger partial charge in [-0.05, 0) is 23.8 Å². The third-order valence-electron chi connectivity index (χ3n) is 2.48. The van der Waals surface area contributed by atoms with Gasteiger partial charge in [0.2, 0.25) is 0 Å². The maximum atomic E-state index is 6.04. The maximum Gasteiger partial charge on any atom is 0.0594 e. The van der Waals surface area contributed by atoms with Crippen LogP contribution in [0.25, 0.3) is 0 Å². The lowest BCUT2D eigenvalue weighted by molar-refractivity contribution is 0.748. The number of hydrazone groups is 1. The minimum absolute atomic E-state index is 0.557. The number of rotatable bonds is 4. The smallest absolute Gasteiger partial charge is 0.0594 e. The molecule has 2 aromatic carbocycles. The number of nitrogens with zero attached hydrogens (tertiary/aromatic N) is 1. The van der Waals surface area contributed by atoms with E-state index in [1.807, 2.05) is 30.3 Å². The van der Waals surface area contributed by atoms with Crippen molar-refractivity contribution in [2.45, 2.75) is 6.54 Å². The second-order valence-corrected chi connectivity index (χ2v) is 5.10. The van der Waals surface area contributed by atoms with Crippen LogP contribution in [-0.4, -0.2) is 6.21 Å². The number of halogens is 3. The van der Waals surface area contributed by atoms with Gasteiger partial charge >= 0.3 is 0 Å². The molecule has 0 saturated heterocycles. The van der Waals surface area contributed by atoms with E-state index in [0.717, 1.165) is 16.1 Å². The molecule has 0 aliphatic heterocycles. The molecule has 0 spiro atoms. The average Bonchev–Trinajstić information content (AvgIpc) is 2.38. The van der Waals surface area contributed by atoms with E-state index < -0.39 is 0 Å². The van der Waals surface area contributed by atoms with E-state index >= 15 is 0 Å². The van der Waals surface area contributed by atoms with Gasteiger partial charge < -0.3 is 5.43 Å². The lowest BCUT2D eigenvalue weighted by atomic mass is 10.2. The molecule has 1 N–H and O–H groups in total. The molecule has 0 atom stereocenters. The highest BCUT2D eigenvalue weighted by molar-refractivity contribution is 6.36. The van der Waals surface area contributed by atoms with E-state index in [0.29, 0.717) is 16.6 Å². The molecule has 0 aliphatic rings. The molecule has 0 aromatic heterocycles. The summed E-state index contributed by atoms with van der Waals surface area (Å²) in [5.74, 6) is 0. The fourth-order valence-corrected chi connectivity index (χ4v) is 2.15. The SMILES string of the molecule is Clc1ccc(/C=N\NCc2ccccc2Cl)c(Cl)c1. The van der Waals surface area contributed by atoms with Crippen LogP contribution in [-0.2, 0) is 6.54 Å². The number of hydrogen-bond acceptors (Lipinski definition) is 2. The van der Waals surface area contributed by atoms with Crippen LogP contribution in [0.3, 0.4) is 0 Å². The molecule has 0 unspecified atom stereocenters. The summed E-state index contributed by atoms with van der Waals surface area (Å²) in [6.07, 6.45) is 1.65. The fourth-order valence-electron chi connectivity index (χ4n) is 1.49. The lowest BCUT2D eigenvalue weighted by Gasteiger charge is -2.03. The zero-order valence-corrected chi connectivity index (χ0v) is 12.2. The normalized spacial score (nSPS) is 10.9. The van der Waals surface area contributed by atoms with Crippen LogP contribution in [0.15, 0.2) is 47.6 Å². The lowest BCUT2D eigenvalue weighted by Crippen LogP contribution is -2.06. The van der Waals surface area contributed by atoms with Crippen LogP contribution >= 0.6 is 34.8 Å². The molecule has 98 valence electrons. The van der Waals surface area contributed by atoms with E-state index in [-0.39, 0.29) is 0 Å². The molecular weight excluding hydrogens is 303 g/mol. The quantitative estimate of drug-likeness (QED) is 0.638. The van der Waals surface area contributed by atoms with E-state index in [2.05, 4.69) is 10.5 Å². The van der Waals surface area contributed by atoms with Crippen molar-refractivity contribution in [1.29, 1.82) is 0 Å². The van der Waals surface area contributed by atoms with E-state index in [1.165, 1.54) is 0 Å². The van der Waals surface area contributed by atoms with E-state index in [9.17, 15) is 0 Å². The Hall–Kier alpha value is -1.22. The van der Waals surface area contributed by atoms with Crippen LogP contribution in [0.5, 0.6) is 0 Å². The molecule has 0 saturated carbocycles. The standard InChI is InChI=1S/C14H11Cl3N2/c15-12-6-5-11(14(17)7-12)9-19-18-8-10-3-1-2-4-13(10)16/h1-7,9,18H,8H2/b19-9-. The van der Waals surface area contributed by atoms with Crippen molar-refractivity contribution in [3.63, 3.8) is 0 Å². The van der Waals surface area contributed by atoms with Crippen molar-refractivity contribution >= 4 is 41.0 Å². The van der Waals surface area contributed by atoms with Gasteiger partial charge in [0.25, 0.3) is 0 Å². The Morgan fingerprint density at radius 2 is 1.79 bits per heavy atom. The molecule has 0 fully saturated rings. The third kappa shape index (κ3) is 4.13. The first kappa shape index (κ1) is 14.2. The Bertz CT molecular complexity index is 597. The van der Waals surface area contributed by atoms with E-state index in [4.69, 9.17) is 34.8 Å². The van der Waals surface area contributed by atoms with Gasteiger partial charge in [0.1, 0.15) is 0 Å². The summed E-state index contributed by atoms with van der Waals surface area (Å²) in [6.45, 7) is 0.557. The highest BCUT2D eigenvalue weighted by Gasteiger charge is 1.99. The van der Waals surface area contributed by atoms with Crippen molar-refractivity contribution in [2.24, 2.45) is 5.10 Å². The van der Waals surface area contributed by atoms with Crippen LogP contribution in [0, 0.1) is 0 Å². The largest absolute Gasteiger partial charge is 0.306 e. The minimum atomic E-state index is 0.557. The number of hydrogen-bond donors (Lipinski definition) is 1. The zero-order chi connectivity index (χ0) is 13.7. The average molecular weight is 314 g/mol. The second-order valence-electron chi connectivity index (χ2n) is 3.85. The number of benzene rings is 2. The summed E-state index contributed by atoms with van der Waals surface area (Å²) in [7, 11) is 0. The van der Waals surface area contributed by atoms with Gasteiger partial charge in [-0.1, -0.05) is 59.1 Å². The molecule has 2 nitrogen and oxygen atoms in total. The van der Waals surface area contributed by atoms with Crippen LogP contribution in [0.4, 0.5) is 0 Å². The fraction of sp³-hybridized carbons (Fsp3) is 0.0714. The predicted molar refractivity (Wildman–Crippen MR) is 82.3 cm³/mol. The van der Waals surface area contributed by atoms with Gasteiger partial charge in [0.15, 0.2) is 0 Å². The molecule has 2 rings (SSSR count). The van der Waals surface area contributed by atoms with Gasteiger partial charge in [-0.25, -0.2) is 0 Å². The van der Waals surface area contributed by atoms with Gasteiger partial charge in [-0.2, -0.15) is 5.10 Å². The summed E-state index contributed by atoms with van der Waals surface area (Å²) >= 11 is 17.9. The second kappa shape index (κ2) is 6.80. The first-order valence-corrected chi connectivity index (χ1v) is 6.74. The van der Waals surface area contributed by atoms with Gasteiger partial charge in [0, 0.05) is 15.6 Å². The van der Waals surface area contributed by atoms with Crippen LogP contribution < -0.4 is 5.43 Å². The summed E-state index contributed by atoms with van der Waals surface area (Å²) in [5.41, 5.74) is 4.72.